The van der Waals surface area contributed by atoms with E-state index in [9.17, 15) is 9.90 Å². The van der Waals surface area contributed by atoms with Crippen molar-refractivity contribution in [3.63, 3.8) is 0 Å². The van der Waals surface area contributed by atoms with Crippen molar-refractivity contribution in [2.24, 2.45) is 0 Å². The lowest BCUT2D eigenvalue weighted by Crippen LogP contribution is -2.02. The van der Waals surface area contributed by atoms with Gasteiger partial charge in [-0.2, -0.15) is 0 Å². The number of aromatic nitrogens is 1. The third kappa shape index (κ3) is 2.47. The van der Waals surface area contributed by atoms with Crippen molar-refractivity contribution in [1.82, 2.24) is 4.98 Å². The average molecular weight is 263 g/mol. The molecule has 0 radical (unpaired) electrons. The molecule has 3 heteroatoms. The standard InChI is InChI=1S/C17H13NO2/c19-14-9-6-12(7-10-14)5-8-13-11-17(20)15-3-1-2-4-16(15)18-13/h1-11,19H,(H,18,20)/b8-5+. The molecule has 20 heavy (non-hydrogen) atoms. The largest absolute Gasteiger partial charge is 0.508 e. The lowest BCUT2D eigenvalue weighted by atomic mass is 10.1. The van der Waals surface area contributed by atoms with Gasteiger partial charge in [0.05, 0.1) is 0 Å². The Morgan fingerprint density at radius 3 is 2.50 bits per heavy atom. The molecule has 98 valence electrons. The highest BCUT2D eigenvalue weighted by atomic mass is 16.3. The van der Waals surface area contributed by atoms with E-state index >= 15 is 0 Å². The first-order valence-electron chi connectivity index (χ1n) is 6.31. The number of rotatable bonds is 2. The SMILES string of the molecule is O=c1cc(/C=C/c2ccc(O)cc2)[nH]c2ccccc12. The van der Waals surface area contributed by atoms with Crippen LogP contribution in [0.25, 0.3) is 23.1 Å². The number of fused-ring (bicyclic) bond motifs is 1. The zero-order chi connectivity index (χ0) is 13.9. The van der Waals surface area contributed by atoms with Crippen LogP contribution in [-0.2, 0) is 0 Å². The molecule has 0 amide bonds. The van der Waals surface area contributed by atoms with Crippen LogP contribution in [-0.4, -0.2) is 10.1 Å². The number of phenols is 1. The van der Waals surface area contributed by atoms with Gasteiger partial charge in [0.1, 0.15) is 5.75 Å². The van der Waals surface area contributed by atoms with Crippen LogP contribution in [0.5, 0.6) is 5.75 Å². The first-order valence-corrected chi connectivity index (χ1v) is 6.31. The zero-order valence-corrected chi connectivity index (χ0v) is 10.7. The summed E-state index contributed by atoms with van der Waals surface area (Å²) in [5, 5.41) is 9.91. The minimum atomic E-state index is 0.00436. The quantitative estimate of drug-likeness (QED) is 0.744. The number of nitrogens with one attached hydrogen (secondary N) is 1. The smallest absolute Gasteiger partial charge is 0.189 e. The fourth-order valence-corrected chi connectivity index (χ4v) is 2.08. The first-order chi connectivity index (χ1) is 9.72. The number of benzene rings is 2. The van der Waals surface area contributed by atoms with Crippen molar-refractivity contribution in [2.75, 3.05) is 0 Å². The molecule has 0 atom stereocenters. The van der Waals surface area contributed by atoms with Crippen LogP contribution >= 0.6 is 0 Å². The van der Waals surface area contributed by atoms with E-state index in [-0.39, 0.29) is 11.2 Å². The second kappa shape index (κ2) is 5.05. The van der Waals surface area contributed by atoms with Crippen LogP contribution in [0, 0.1) is 0 Å². The maximum absolute atomic E-state index is 12.0. The van der Waals surface area contributed by atoms with E-state index in [4.69, 9.17) is 0 Å². The molecule has 2 N–H and O–H groups in total. The van der Waals surface area contributed by atoms with Crippen molar-refractivity contribution in [3.8, 4) is 5.75 Å². The van der Waals surface area contributed by atoms with Gasteiger partial charge in [0.15, 0.2) is 5.43 Å². The summed E-state index contributed by atoms with van der Waals surface area (Å²) >= 11 is 0. The van der Waals surface area contributed by atoms with E-state index in [1.807, 2.05) is 48.6 Å². The van der Waals surface area contributed by atoms with Gasteiger partial charge in [0.2, 0.25) is 0 Å². The number of aromatic amines is 1. The van der Waals surface area contributed by atoms with Crippen molar-refractivity contribution in [3.05, 3.63) is 76.1 Å². The Hall–Kier alpha value is -2.81. The van der Waals surface area contributed by atoms with Crippen molar-refractivity contribution in [1.29, 1.82) is 0 Å². The predicted octanol–water partition coefficient (Wildman–Crippen LogP) is 3.40. The topological polar surface area (TPSA) is 53.1 Å². The van der Waals surface area contributed by atoms with Gasteiger partial charge in [-0.05, 0) is 35.9 Å². The second-order valence-corrected chi connectivity index (χ2v) is 4.56. The molecule has 3 rings (SSSR count). The van der Waals surface area contributed by atoms with Gasteiger partial charge in [-0.1, -0.05) is 30.3 Å². The summed E-state index contributed by atoms with van der Waals surface area (Å²) in [6, 6.07) is 15.9. The summed E-state index contributed by atoms with van der Waals surface area (Å²) in [4.78, 5) is 15.2. The van der Waals surface area contributed by atoms with Crippen LogP contribution in [0.2, 0.25) is 0 Å². The maximum Gasteiger partial charge on any atom is 0.189 e. The molecule has 3 aromatic rings. The van der Waals surface area contributed by atoms with E-state index in [0.717, 1.165) is 16.8 Å². The molecule has 0 aliphatic carbocycles. The third-order valence-electron chi connectivity index (χ3n) is 3.11. The van der Waals surface area contributed by atoms with Gasteiger partial charge < -0.3 is 10.1 Å². The minimum absolute atomic E-state index is 0.00436. The summed E-state index contributed by atoms with van der Waals surface area (Å²) in [7, 11) is 0. The van der Waals surface area contributed by atoms with Crippen molar-refractivity contribution in [2.45, 2.75) is 0 Å². The highest BCUT2D eigenvalue weighted by molar-refractivity contribution is 5.80. The average Bonchev–Trinajstić information content (AvgIpc) is 2.47. The molecule has 0 spiro atoms. The fourth-order valence-electron chi connectivity index (χ4n) is 2.08. The molecular formula is C17H13NO2. The number of phenolic OH excluding ortho intramolecular Hbond substituents is 1. The number of H-pyrrole nitrogens is 1. The molecule has 1 heterocycles. The molecule has 0 saturated heterocycles. The van der Waals surface area contributed by atoms with Crippen LogP contribution in [0.3, 0.4) is 0 Å². The Balaban J connectivity index is 1.98. The summed E-state index contributed by atoms with van der Waals surface area (Å²) in [6.45, 7) is 0. The maximum atomic E-state index is 12.0. The predicted molar refractivity (Wildman–Crippen MR) is 81.6 cm³/mol. The number of hydrogen-bond acceptors (Lipinski definition) is 2. The fraction of sp³-hybridized carbons (Fsp3) is 0. The monoisotopic (exact) mass is 263 g/mol. The van der Waals surface area contributed by atoms with E-state index < -0.39 is 0 Å². The normalized spacial score (nSPS) is 11.2. The Morgan fingerprint density at radius 2 is 1.70 bits per heavy atom. The summed E-state index contributed by atoms with van der Waals surface area (Å²) in [5.41, 5.74) is 2.54. The van der Waals surface area contributed by atoms with Crippen molar-refractivity contribution < 1.29 is 5.11 Å². The number of hydrogen-bond donors (Lipinski definition) is 2. The molecule has 1 aromatic heterocycles. The molecule has 2 aromatic carbocycles. The molecule has 0 saturated carbocycles. The van der Waals surface area contributed by atoms with Gasteiger partial charge in [-0.3, -0.25) is 4.79 Å². The van der Waals surface area contributed by atoms with Crippen LogP contribution in [0.15, 0.2) is 59.4 Å². The summed E-state index contributed by atoms with van der Waals surface area (Å²) < 4.78 is 0. The van der Waals surface area contributed by atoms with Gasteiger partial charge >= 0.3 is 0 Å². The number of pyridine rings is 1. The summed E-state index contributed by atoms with van der Waals surface area (Å²) in [5.74, 6) is 0.237. The third-order valence-corrected chi connectivity index (χ3v) is 3.11. The van der Waals surface area contributed by atoms with Crippen molar-refractivity contribution >= 4 is 23.1 Å². The Morgan fingerprint density at radius 1 is 0.950 bits per heavy atom. The Labute approximate surface area is 115 Å². The van der Waals surface area contributed by atoms with Gasteiger partial charge in [-0.15, -0.1) is 0 Å². The van der Waals surface area contributed by atoms with Crippen LogP contribution in [0.4, 0.5) is 0 Å². The molecule has 0 fully saturated rings. The lowest BCUT2D eigenvalue weighted by Gasteiger charge is -2.00. The molecule has 0 aliphatic rings. The first kappa shape index (κ1) is 12.2. The highest BCUT2D eigenvalue weighted by Gasteiger charge is 1.98. The van der Waals surface area contributed by atoms with Crippen LogP contribution in [0.1, 0.15) is 11.3 Å². The van der Waals surface area contributed by atoms with Gasteiger partial charge in [0, 0.05) is 22.7 Å². The Bertz CT molecular complexity index is 829. The van der Waals surface area contributed by atoms with E-state index in [0.29, 0.717) is 5.39 Å². The Kier molecular flexibility index (Phi) is 3.09. The molecular weight excluding hydrogens is 250 g/mol. The van der Waals surface area contributed by atoms with Crippen LogP contribution < -0.4 is 5.43 Å². The lowest BCUT2D eigenvalue weighted by molar-refractivity contribution is 0.475. The highest BCUT2D eigenvalue weighted by Crippen LogP contribution is 2.13. The molecule has 0 unspecified atom stereocenters. The number of para-hydroxylation sites is 1. The minimum Gasteiger partial charge on any atom is -0.508 e. The summed E-state index contributed by atoms with van der Waals surface area (Å²) in [6.07, 6.45) is 3.74. The van der Waals surface area contributed by atoms with Gasteiger partial charge in [0.25, 0.3) is 0 Å². The molecule has 0 bridgehead atoms. The van der Waals surface area contributed by atoms with E-state index in [1.54, 1.807) is 18.2 Å². The number of aromatic hydroxyl groups is 1. The zero-order valence-electron chi connectivity index (χ0n) is 10.7. The van der Waals surface area contributed by atoms with E-state index in [1.165, 1.54) is 0 Å². The second-order valence-electron chi connectivity index (χ2n) is 4.56. The molecule has 0 aliphatic heterocycles. The molecule has 3 nitrogen and oxygen atoms in total. The van der Waals surface area contributed by atoms with Gasteiger partial charge in [-0.25, -0.2) is 0 Å². The van der Waals surface area contributed by atoms with E-state index in [2.05, 4.69) is 4.98 Å².